The van der Waals surface area contributed by atoms with Crippen molar-refractivity contribution in [1.82, 2.24) is 0 Å². The van der Waals surface area contributed by atoms with Crippen molar-refractivity contribution in [2.45, 2.75) is 0 Å². The predicted octanol–water partition coefficient (Wildman–Crippen LogP) is 15.0. The lowest BCUT2D eigenvalue weighted by Gasteiger charge is -2.23. The van der Waals surface area contributed by atoms with Gasteiger partial charge in [0.05, 0.1) is 0 Å². The fourth-order valence-electron chi connectivity index (χ4n) is 9.57. The first kappa shape index (κ1) is 28.4. The van der Waals surface area contributed by atoms with E-state index in [1.54, 1.807) is 0 Å². The van der Waals surface area contributed by atoms with E-state index < -0.39 is 0 Å². The Morgan fingerprint density at radius 3 is 1.81 bits per heavy atom. The quantitative estimate of drug-likeness (QED) is 0.169. The first-order chi connectivity index (χ1) is 26.8. The summed E-state index contributed by atoms with van der Waals surface area (Å²) in [7, 11) is 0. The second-order valence-corrected chi connectivity index (χ2v) is 14.7. The first-order valence-electron chi connectivity index (χ1n) is 18.6. The maximum absolute atomic E-state index is 7.09. The first-order valence-corrected chi connectivity index (χ1v) is 18.6. The number of ether oxygens (including phenoxy) is 1. The van der Waals surface area contributed by atoms with E-state index in [-0.39, 0.29) is 0 Å². The van der Waals surface area contributed by atoms with Crippen LogP contribution in [0.15, 0.2) is 174 Å². The lowest BCUT2D eigenvalue weighted by molar-refractivity contribution is 0.488. The minimum atomic E-state index is 0.855. The molecule has 1 aliphatic rings. The molecule has 0 aliphatic carbocycles. The number of furan rings is 1. The molecule has 0 bridgehead atoms. The highest BCUT2D eigenvalue weighted by molar-refractivity contribution is 6.28. The Labute approximate surface area is 309 Å². The maximum Gasteiger partial charge on any atom is 0.143 e. The van der Waals surface area contributed by atoms with E-state index in [1.165, 1.54) is 70.6 Å². The normalized spacial score (nSPS) is 12.6. The van der Waals surface area contributed by atoms with Gasteiger partial charge >= 0.3 is 0 Å². The highest BCUT2D eigenvalue weighted by Gasteiger charge is 2.25. The number of fused-ring (bicyclic) bond motifs is 9. The summed E-state index contributed by atoms with van der Waals surface area (Å²) >= 11 is 0. The Bertz CT molecular complexity index is 3570. The standard InChI is InChI=1S/C52H28O2/c1-4-12-36-29(7-1)17-24-44-50-43(38-21-18-32-16-15-30-9-5-10-31-19-23-42(38)48(32)47(30)31)26-25-37(52(50)54-51(36)44)34-20-22-39-41-14-6-13-40-35-11-3-2-8-33(35)28-46(49(40)41)53-45(39)27-34/h1-28H. The van der Waals surface area contributed by atoms with Gasteiger partial charge in [0.2, 0.25) is 0 Å². The van der Waals surface area contributed by atoms with Gasteiger partial charge in [-0.05, 0) is 106 Å². The van der Waals surface area contributed by atoms with E-state index in [0.717, 1.165) is 60.9 Å². The van der Waals surface area contributed by atoms with Crippen molar-refractivity contribution in [2.24, 2.45) is 0 Å². The van der Waals surface area contributed by atoms with Crippen LogP contribution < -0.4 is 4.74 Å². The third-order valence-electron chi connectivity index (χ3n) is 12.0. The van der Waals surface area contributed by atoms with Gasteiger partial charge in [-0.15, -0.1) is 0 Å². The molecule has 2 heteroatoms. The molecule has 0 unspecified atom stereocenters. The molecule has 1 aromatic heterocycles. The van der Waals surface area contributed by atoms with Crippen LogP contribution in [0.25, 0.3) is 120 Å². The zero-order valence-electron chi connectivity index (χ0n) is 29.0. The van der Waals surface area contributed by atoms with Crippen molar-refractivity contribution >= 4 is 86.6 Å². The minimum absolute atomic E-state index is 0.855. The molecule has 2 heterocycles. The van der Waals surface area contributed by atoms with Gasteiger partial charge in [-0.25, -0.2) is 0 Å². The molecule has 248 valence electrons. The molecule has 13 rings (SSSR count). The number of hydrogen-bond acceptors (Lipinski definition) is 2. The van der Waals surface area contributed by atoms with Crippen LogP contribution in [0.5, 0.6) is 11.5 Å². The summed E-state index contributed by atoms with van der Waals surface area (Å²) in [5, 5.41) is 17.0. The van der Waals surface area contributed by atoms with Gasteiger partial charge in [0.1, 0.15) is 22.7 Å². The van der Waals surface area contributed by atoms with Gasteiger partial charge in [0.25, 0.3) is 0 Å². The van der Waals surface area contributed by atoms with Crippen LogP contribution in [0, 0.1) is 0 Å². The summed E-state index contributed by atoms with van der Waals surface area (Å²) in [6.45, 7) is 0. The molecular formula is C52H28O2. The Hall–Kier alpha value is -7.16. The van der Waals surface area contributed by atoms with Crippen molar-refractivity contribution in [3.63, 3.8) is 0 Å². The largest absolute Gasteiger partial charge is 0.456 e. The zero-order chi connectivity index (χ0) is 35.1. The molecule has 0 amide bonds. The molecule has 1 aliphatic heterocycles. The summed E-state index contributed by atoms with van der Waals surface area (Å²) in [5.74, 6) is 1.75. The van der Waals surface area contributed by atoms with Gasteiger partial charge in [0.15, 0.2) is 0 Å². The topological polar surface area (TPSA) is 22.4 Å². The molecule has 0 fully saturated rings. The minimum Gasteiger partial charge on any atom is -0.456 e. The molecule has 0 saturated carbocycles. The smallest absolute Gasteiger partial charge is 0.143 e. The average Bonchev–Trinajstić information content (AvgIpc) is 3.63. The van der Waals surface area contributed by atoms with E-state index in [1.807, 2.05) is 0 Å². The molecule has 0 spiro atoms. The third-order valence-corrected chi connectivity index (χ3v) is 12.0. The summed E-state index contributed by atoms with van der Waals surface area (Å²) in [6, 6.07) is 61.8. The van der Waals surface area contributed by atoms with E-state index in [2.05, 4.69) is 170 Å². The van der Waals surface area contributed by atoms with Crippen molar-refractivity contribution in [3.8, 4) is 44.9 Å². The summed E-state index contributed by atoms with van der Waals surface area (Å²) in [4.78, 5) is 0. The van der Waals surface area contributed by atoms with Crippen LogP contribution in [0.4, 0.5) is 0 Å². The predicted molar refractivity (Wildman–Crippen MR) is 226 cm³/mol. The third kappa shape index (κ3) is 3.69. The van der Waals surface area contributed by atoms with Crippen molar-refractivity contribution in [1.29, 1.82) is 0 Å². The van der Waals surface area contributed by atoms with E-state index in [9.17, 15) is 0 Å². The van der Waals surface area contributed by atoms with Gasteiger partial charge in [-0.3, -0.25) is 0 Å². The zero-order valence-corrected chi connectivity index (χ0v) is 29.0. The average molecular weight is 685 g/mol. The van der Waals surface area contributed by atoms with Gasteiger partial charge in [-0.2, -0.15) is 0 Å². The van der Waals surface area contributed by atoms with Crippen LogP contribution in [0.3, 0.4) is 0 Å². The number of hydrogen-bond donors (Lipinski definition) is 0. The van der Waals surface area contributed by atoms with Crippen LogP contribution in [0.1, 0.15) is 0 Å². The number of rotatable bonds is 2. The SMILES string of the molecule is c1ccc2c(c1)cc1c3c(cccc32)-c2ccc(-c3ccc(-c4ccc5ccc6cccc7ccc4c5c67)c4c3oc3c5ccccc5ccc34)cc2O1. The highest BCUT2D eigenvalue weighted by atomic mass is 16.5. The fourth-order valence-corrected chi connectivity index (χ4v) is 9.57. The van der Waals surface area contributed by atoms with Crippen molar-refractivity contribution < 1.29 is 9.15 Å². The lowest BCUT2D eigenvalue weighted by Crippen LogP contribution is -1.98. The maximum atomic E-state index is 7.09. The van der Waals surface area contributed by atoms with Crippen LogP contribution in [0.2, 0.25) is 0 Å². The molecule has 54 heavy (non-hydrogen) atoms. The highest BCUT2D eigenvalue weighted by Crippen LogP contribution is 2.51. The van der Waals surface area contributed by atoms with Crippen LogP contribution >= 0.6 is 0 Å². The Balaban J connectivity index is 1.08. The van der Waals surface area contributed by atoms with Crippen LogP contribution in [-0.2, 0) is 0 Å². The monoisotopic (exact) mass is 684 g/mol. The lowest BCUT2D eigenvalue weighted by atomic mass is 9.87. The Morgan fingerprint density at radius 2 is 0.907 bits per heavy atom. The van der Waals surface area contributed by atoms with Crippen molar-refractivity contribution in [2.75, 3.05) is 0 Å². The van der Waals surface area contributed by atoms with E-state index in [0.29, 0.717) is 0 Å². The molecular weight excluding hydrogens is 657 g/mol. The summed E-state index contributed by atoms with van der Waals surface area (Å²) in [6.07, 6.45) is 0. The molecule has 12 aromatic rings. The second-order valence-electron chi connectivity index (χ2n) is 14.7. The molecule has 0 radical (unpaired) electrons. The van der Waals surface area contributed by atoms with E-state index in [4.69, 9.17) is 9.15 Å². The number of benzene rings is 11. The molecule has 11 aromatic carbocycles. The Morgan fingerprint density at radius 1 is 0.278 bits per heavy atom. The second kappa shape index (κ2) is 10.2. The van der Waals surface area contributed by atoms with Gasteiger partial charge in [-0.1, -0.05) is 140 Å². The Kier molecular flexibility index (Phi) is 5.39. The fraction of sp³-hybridized carbons (Fsp3) is 0. The van der Waals surface area contributed by atoms with Crippen LogP contribution in [-0.4, -0.2) is 0 Å². The molecule has 0 atom stereocenters. The summed E-state index contributed by atoms with van der Waals surface area (Å²) < 4.78 is 13.9. The summed E-state index contributed by atoms with van der Waals surface area (Å²) in [5.41, 5.74) is 8.57. The van der Waals surface area contributed by atoms with Crippen molar-refractivity contribution in [3.05, 3.63) is 170 Å². The van der Waals surface area contributed by atoms with Gasteiger partial charge in [0, 0.05) is 32.7 Å². The molecule has 0 saturated heterocycles. The van der Waals surface area contributed by atoms with Gasteiger partial charge < -0.3 is 9.15 Å². The molecule has 0 N–H and O–H groups in total. The van der Waals surface area contributed by atoms with E-state index >= 15 is 0 Å². The molecule has 2 nitrogen and oxygen atoms in total.